The van der Waals surface area contributed by atoms with Crippen LogP contribution in [0.4, 0.5) is 10.1 Å². The summed E-state index contributed by atoms with van der Waals surface area (Å²) in [6, 6.07) is 2.22. The number of halogens is 1. The van der Waals surface area contributed by atoms with Crippen LogP contribution in [0, 0.1) is 5.82 Å². The third-order valence-corrected chi connectivity index (χ3v) is 2.82. The fourth-order valence-electron chi connectivity index (χ4n) is 1.66. The topological polar surface area (TPSA) is 61.5 Å². The molecule has 0 unspecified atom stereocenters. The van der Waals surface area contributed by atoms with Crippen molar-refractivity contribution < 1.29 is 18.7 Å². The van der Waals surface area contributed by atoms with E-state index in [-0.39, 0.29) is 23.1 Å². The van der Waals surface area contributed by atoms with Crippen molar-refractivity contribution in [1.29, 1.82) is 0 Å². The number of nitrogen functional groups attached to an aromatic ring is 1. The number of ether oxygens (including phenoxy) is 2. The van der Waals surface area contributed by atoms with E-state index in [1.807, 2.05) is 0 Å². The highest BCUT2D eigenvalue weighted by atomic mass is 19.1. The average Bonchev–Trinajstić information content (AvgIpc) is 2.23. The monoisotopic (exact) mass is 239 g/mol. The van der Waals surface area contributed by atoms with Gasteiger partial charge in [-0.15, -0.1) is 0 Å². The van der Waals surface area contributed by atoms with Gasteiger partial charge in [0, 0.05) is 6.07 Å². The number of hydrogen-bond acceptors (Lipinski definition) is 4. The number of rotatable bonds is 3. The van der Waals surface area contributed by atoms with Gasteiger partial charge in [-0.25, -0.2) is 9.18 Å². The zero-order chi connectivity index (χ0) is 12.4. The Hall–Kier alpha value is -1.78. The van der Waals surface area contributed by atoms with Crippen molar-refractivity contribution in [3.05, 3.63) is 23.5 Å². The predicted molar refractivity (Wildman–Crippen MR) is 60.4 cm³/mol. The molecule has 2 N–H and O–H groups in total. The van der Waals surface area contributed by atoms with Crippen molar-refractivity contribution in [3.63, 3.8) is 0 Å². The predicted octanol–water partition coefficient (Wildman–Crippen LogP) is 2.13. The van der Waals surface area contributed by atoms with Gasteiger partial charge in [0.15, 0.2) is 5.75 Å². The first-order chi connectivity index (χ1) is 8.11. The lowest BCUT2D eigenvalue weighted by molar-refractivity contribution is 0.0585. The van der Waals surface area contributed by atoms with E-state index in [1.165, 1.54) is 7.11 Å². The number of anilines is 1. The highest BCUT2D eigenvalue weighted by Crippen LogP contribution is 2.33. The molecule has 1 aromatic rings. The second-order valence-corrected chi connectivity index (χ2v) is 4.03. The van der Waals surface area contributed by atoms with Crippen LogP contribution in [0.2, 0.25) is 0 Å². The Balaban J connectivity index is 2.35. The van der Waals surface area contributed by atoms with Gasteiger partial charge in [-0.05, 0) is 25.3 Å². The van der Waals surface area contributed by atoms with E-state index >= 15 is 0 Å². The van der Waals surface area contributed by atoms with E-state index in [1.54, 1.807) is 0 Å². The van der Waals surface area contributed by atoms with Crippen LogP contribution in [0.25, 0.3) is 0 Å². The summed E-state index contributed by atoms with van der Waals surface area (Å²) < 4.78 is 23.4. The number of hydrogen-bond donors (Lipinski definition) is 1. The van der Waals surface area contributed by atoms with Gasteiger partial charge in [0.25, 0.3) is 0 Å². The molecular weight excluding hydrogens is 225 g/mol. The van der Waals surface area contributed by atoms with Gasteiger partial charge in [0.05, 0.1) is 18.9 Å². The Morgan fingerprint density at radius 2 is 2.18 bits per heavy atom. The second-order valence-electron chi connectivity index (χ2n) is 4.03. The highest BCUT2D eigenvalue weighted by Gasteiger charge is 2.24. The van der Waals surface area contributed by atoms with Gasteiger partial charge in [-0.2, -0.15) is 0 Å². The lowest BCUT2D eigenvalue weighted by atomic mass is 9.96. The second kappa shape index (κ2) is 4.61. The van der Waals surface area contributed by atoms with Crippen LogP contribution in [0.5, 0.6) is 5.75 Å². The van der Waals surface area contributed by atoms with Crippen LogP contribution >= 0.6 is 0 Å². The molecule has 0 amide bonds. The lowest BCUT2D eigenvalue weighted by Crippen LogP contribution is -2.26. The summed E-state index contributed by atoms with van der Waals surface area (Å²) in [6.45, 7) is 0. The highest BCUT2D eigenvalue weighted by molar-refractivity contribution is 5.94. The Morgan fingerprint density at radius 1 is 1.47 bits per heavy atom. The van der Waals surface area contributed by atoms with Crippen LogP contribution in [0.1, 0.15) is 29.6 Å². The van der Waals surface area contributed by atoms with Crippen LogP contribution in [0.3, 0.4) is 0 Å². The number of carbonyl (C=O) groups is 1. The largest absolute Gasteiger partial charge is 0.487 e. The first kappa shape index (κ1) is 11.7. The minimum Gasteiger partial charge on any atom is -0.487 e. The molecule has 1 aliphatic rings. The minimum absolute atomic E-state index is 0.0388. The van der Waals surface area contributed by atoms with E-state index in [0.717, 1.165) is 31.4 Å². The summed E-state index contributed by atoms with van der Waals surface area (Å²) in [5.41, 5.74) is 5.83. The summed E-state index contributed by atoms with van der Waals surface area (Å²) in [5, 5.41) is 0. The Morgan fingerprint density at radius 3 is 2.71 bits per heavy atom. The molecule has 0 aromatic heterocycles. The van der Waals surface area contributed by atoms with Crippen LogP contribution in [0.15, 0.2) is 12.1 Å². The minimum atomic E-state index is -0.648. The van der Waals surface area contributed by atoms with E-state index in [9.17, 15) is 9.18 Å². The number of carbonyl (C=O) groups excluding carboxylic acids is 1. The molecule has 0 spiro atoms. The molecule has 5 heteroatoms. The quantitative estimate of drug-likeness (QED) is 0.648. The summed E-state index contributed by atoms with van der Waals surface area (Å²) in [7, 11) is 1.23. The third-order valence-electron chi connectivity index (χ3n) is 2.82. The average molecular weight is 239 g/mol. The molecule has 92 valence electrons. The Labute approximate surface area is 98.5 Å². The molecule has 0 bridgehead atoms. The van der Waals surface area contributed by atoms with Crippen molar-refractivity contribution >= 4 is 11.7 Å². The molecular formula is C12H14FNO3. The number of esters is 1. The molecule has 0 heterocycles. The summed E-state index contributed by atoms with van der Waals surface area (Å²) in [6.07, 6.45) is 3.01. The van der Waals surface area contributed by atoms with Crippen LogP contribution < -0.4 is 10.5 Å². The normalized spacial score (nSPS) is 15.2. The van der Waals surface area contributed by atoms with Crippen LogP contribution in [-0.4, -0.2) is 19.2 Å². The summed E-state index contributed by atoms with van der Waals surface area (Å²) in [5.74, 6) is -1.00. The summed E-state index contributed by atoms with van der Waals surface area (Å²) in [4.78, 5) is 11.5. The van der Waals surface area contributed by atoms with Crippen LogP contribution in [-0.2, 0) is 4.74 Å². The maximum atomic E-state index is 13.2. The fourth-order valence-corrected chi connectivity index (χ4v) is 1.66. The zero-order valence-electron chi connectivity index (χ0n) is 9.53. The third kappa shape index (κ3) is 2.33. The molecule has 1 aromatic carbocycles. The molecule has 0 atom stereocenters. The molecule has 4 nitrogen and oxygen atoms in total. The zero-order valence-corrected chi connectivity index (χ0v) is 9.53. The van der Waals surface area contributed by atoms with Gasteiger partial charge >= 0.3 is 5.97 Å². The molecule has 0 saturated heterocycles. The smallest absolute Gasteiger partial charge is 0.341 e. The number of methoxy groups -OCH3 is 1. The Kier molecular flexibility index (Phi) is 3.17. The first-order valence-electron chi connectivity index (χ1n) is 5.46. The van der Waals surface area contributed by atoms with E-state index in [0.29, 0.717) is 0 Å². The van der Waals surface area contributed by atoms with Crippen molar-refractivity contribution in [3.8, 4) is 5.75 Å². The van der Waals surface area contributed by atoms with Gasteiger partial charge in [-0.3, -0.25) is 0 Å². The van der Waals surface area contributed by atoms with E-state index in [2.05, 4.69) is 4.74 Å². The SMILES string of the molecule is COC(=O)c1cc(F)cc(N)c1OC1CCC1. The molecule has 2 rings (SSSR count). The van der Waals surface area contributed by atoms with Crippen molar-refractivity contribution in [2.45, 2.75) is 25.4 Å². The molecule has 0 aliphatic heterocycles. The number of nitrogens with two attached hydrogens (primary N) is 1. The van der Waals surface area contributed by atoms with E-state index < -0.39 is 11.8 Å². The number of benzene rings is 1. The standard InChI is InChI=1S/C12H14FNO3/c1-16-12(15)9-5-7(13)6-10(14)11(9)17-8-3-2-4-8/h5-6,8H,2-4,14H2,1H3. The van der Waals surface area contributed by atoms with E-state index in [4.69, 9.17) is 10.5 Å². The van der Waals surface area contributed by atoms with Crippen molar-refractivity contribution in [2.24, 2.45) is 0 Å². The Bertz CT molecular complexity index is 444. The first-order valence-corrected chi connectivity index (χ1v) is 5.46. The van der Waals surface area contributed by atoms with Gasteiger partial charge in [-0.1, -0.05) is 0 Å². The van der Waals surface area contributed by atoms with Crippen molar-refractivity contribution in [2.75, 3.05) is 12.8 Å². The molecule has 1 aliphatic carbocycles. The molecule has 1 fully saturated rings. The van der Waals surface area contributed by atoms with Gasteiger partial charge in [0.1, 0.15) is 11.4 Å². The molecule has 1 saturated carbocycles. The molecule has 0 radical (unpaired) electrons. The molecule has 17 heavy (non-hydrogen) atoms. The lowest BCUT2D eigenvalue weighted by Gasteiger charge is -2.27. The fraction of sp³-hybridized carbons (Fsp3) is 0.417. The maximum absolute atomic E-state index is 13.2. The summed E-state index contributed by atoms with van der Waals surface area (Å²) >= 11 is 0. The van der Waals surface area contributed by atoms with Gasteiger partial charge in [0.2, 0.25) is 0 Å². The van der Waals surface area contributed by atoms with Crippen molar-refractivity contribution in [1.82, 2.24) is 0 Å². The van der Waals surface area contributed by atoms with Gasteiger partial charge < -0.3 is 15.2 Å². The maximum Gasteiger partial charge on any atom is 0.341 e.